The molecule has 4 N–H and O–H groups in total. The summed E-state index contributed by atoms with van der Waals surface area (Å²) in [6.07, 6.45) is 3.96. The molecule has 1 amide bonds. The van der Waals surface area contributed by atoms with Gasteiger partial charge in [-0.15, -0.1) is 0 Å². The second-order valence-electron chi connectivity index (χ2n) is 14.0. The van der Waals surface area contributed by atoms with E-state index >= 15 is 0 Å². The van der Waals surface area contributed by atoms with E-state index in [-0.39, 0.29) is 75.4 Å². The zero-order valence-corrected chi connectivity index (χ0v) is 32.9. The van der Waals surface area contributed by atoms with Crippen LogP contribution in [0.15, 0.2) is 82.0 Å². The highest BCUT2D eigenvalue weighted by Crippen LogP contribution is 2.45. The van der Waals surface area contributed by atoms with Gasteiger partial charge >= 0.3 is 5.97 Å². The summed E-state index contributed by atoms with van der Waals surface area (Å²) in [5.74, 6) is -1.58. The van der Waals surface area contributed by atoms with Crippen LogP contribution in [0.2, 0.25) is 0 Å². The van der Waals surface area contributed by atoms with Crippen molar-refractivity contribution >= 4 is 70.0 Å². The first-order valence-corrected chi connectivity index (χ1v) is 20.9. The Labute approximate surface area is 324 Å². The predicted octanol–water partition coefficient (Wildman–Crippen LogP) is 9.29. The summed E-state index contributed by atoms with van der Waals surface area (Å²) < 4.78 is 29.3. The van der Waals surface area contributed by atoms with Gasteiger partial charge in [0.15, 0.2) is 22.7 Å². The molecule has 0 radical (unpaired) electrons. The smallest absolute Gasteiger partial charge is 0.338 e. The van der Waals surface area contributed by atoms with Crippen molar-refractivity contribution in [2.24, 2.45) is 10.9 Å². The second kappa shape index (κ2) is 16.8. The van der Waals surface area contributed by atoms with E-state index in [2.05, 4.69) is 10.6 Å². The van der Waals surface area contributed by atoms with Gasteiger partial charge in [0.2, 0.25) is 11.3 Å². The quantitative estimate of drug-likeness (QED) is 0.0285. The van der Waals surface area contributed by atoms with Crippen LogP contribution >= 0.6 is 7.52 Å². The Morgan fingerprint density at radius 3 is 2.05 bits per heavy atom. The molecule has 1 aromatic heterocycles. The number of rotatable bonds is 16. The number of fused-ring (bicyclic) bond motifs is 4. The molecule has 2 heterocycles. The topological polar surface area (TPSA) is 184 Å². The Kier molecular flexibility index (Phi) is 12.0. The third-order valence-electron chi connectivity index (χ3n) is 10.1. The third kappa shape index (κ3) is 7.95. The van der Waals surface area contributed by atoms with Crippen LogP contribution in [0, 0.1) is 5.41 Å². The highest BCUT2D eigenvalue weighted by atomic mass is 31.2. The van der Waals surface area contributed by atoms with Crippen molar-refractivity contribution in [1.29, 1.82) is 0 Å². The minimum absolute atomic E-state index is 0.0473. The molecule has 4 aromatic carbocycles. The van der Waals surface area contributed by atoms with Crippen LogP contribution in [0.5, 0.6) is 0 Å². The number of Topliss-reactive ketones (excluding diaryl/α,β-unsaturated/α-hetero) is 1. The number of carbonyl (C=O) groups excluding carboxylic acids is 4. The van der Waals surface area contributed by atoms with E-state index in [9.17, 15) is 28.5 Å². The molecule has 13 heteroatoms. The maximum absolute atomic E-state index is 14.2. The number of ketones is 2. The fourth-order valence-corrected chi connectivity index (χ4v) is 8.45. The van der Waals surface area contributed by atoms with E-state index < -0.39 is 30.2 Å². The molecule has 292 valence electrons. The van der Waals surface area contributed by atoms with Gasteiger partial charge in [0.05, 0.1) is 47.1 Å². The fraction of sp³-hybridized carbons (Fsp3) is 0.326. The predicted molar refractivity (Wildman–Crippen MR) is 217 cm³/mol. The Hall–Kier alpha value is -5.42. The second-order valence-corrected chi connectivity index (χ2v) is 16.0. The van der Waals surface area contributed by atoms with Crippen LogP contribution < -0.4 is 21.6 Å². The number of benzene rings is 4. The highest BCUT2D eigenvalue weighted by Gasteiger charge is 2.49. The van der Waals surface area contributed by atoms with Crippen LogP contribution in [-0.4, -0.2) is 36.7 Å². The first kappa shape index (κ1) is 40.2. The molecule has 56 heavy (non-hydrogen) atoms. The van der Waals surface area contributed by atoms with Crippen molar-refractivity contribution < 1.29 is 37.4 Å². The van der Waals surface area contributed by atoms with Crippen molar-refractivity contribution in [2.45, 2.75) is 72.4 Å². The van der Waals surface area contributed by atoms with Gasteiger partial charge < -0.3 is 24.3 Å². The molecule has 0 bridgehead atoms. The van der Waals surface area contributed by atoms with Crippen molar-refractivity contribution in [2.75, 3.05) is 23.8 Å². The number of hydrogen-bond acceptors (Lipinski definition) is 10. The zero-order chi connectivity index (χ0) is 40.2. The van der Waals surface area contributed by atoms with Gasteiger partial charge in [-0.3, -0.25) is 29.2 Å². The number of hydrogen-bond donors (Lipinski definition) is 3. The molecule has 1 aliphatic rings. The molecule has 5 aromatic rings. The molecule has 6 rings (SSSR count). The summed E-state index contributed by atoms with van der Waals surface area (Å²) in [5, 5.41) is 6.40. The SMILES string of the molecule is CCCCC1(CCCC)C(=O)Nc2c(ccc3c(=O)c4cc(C(=O)OCC)cc(Nc5ccc(C(=O)c6ccc(CP(N)(=O)OCC)cc6)cc5)c4oc23)C1=O. The summed E-state index contributed by atoms with van der Waals surface area (Å²) >= 11 is 0. The van der Waals surface area contributed by atoms with Crippen molar-refractivity contribution in [1.82, 2.24) is 0 Å². The molecular weight excluding hydrogens is 733 g/mol. The van der Waals surface area contributed by atoms with Crippen molar-refractivity contribution in [3.05, 3.63) is 111 Å². The largest absolute Gasteiger partial charge is 0.462 e. The van der Waals surface area contributed by atoms with Crippen LogP contribution in [0.25, 0.3) is 21.9 Å². The number of unbranched alkanes of at least 4 members (excludes halogenated alkanes) is 2. The van der Waals surface area contributed by atoms with Crippen LogP contribution in [-0.2, 0) is 24.8 Å². The van der Waals surface area contributed by atoms with E-state index in [1.54, 1.807) is 68.4 Å². The molecule has 0 aliphatic carbocycles. The summed E-state index contributed by atoms with van der Waals surface area (Å²) in [6, 6.07) is 19.3. The summed E-state index contributed by atoms with van der Waals surface area (Å²) in [4.78, 5) is 68.6. The van der Waals surface area contributed by atoms with Gasteiger partial charge in [-0.05, 0) is 80.8 Å². The average Bonchev–Trinajstić information content (AvgIpc) is 3.18. The third-order valence-corrected chi connectivity index (χ3v) is 11.6. The highest BCUT2D eigenvalue weighted by molar-refractivity contribution is 7.55. The fourth-order valence-electron chi connectivity index (χ4n) is 7.20. The molecule has 1 atom stereocenters. The number of anilines is 3. The lowest BCUT2D eigenvalue weighted by Gasteiger charge is -2.35. The van der Waals surface area contributed by atoms with E-state index in [4.69, 9.17) is 19.2 Å². The number of nitrogens with two attached hydrogens (primary N) is 1. The Balaban J connectivity index is 1.38. The van der Waals surface area contributed by atoms with E-state index in [0.717, 1.165) is 12.8 Å². The van der Waals surface area contributed by atoms with Crippen LogP contribution in [0.1, 0.15) is 108 Å². The minimum Gasteiger partial charge on any atom is -0.462 e. The monoisotopic (exact) mass is 779 g/mol. The first-order valence-electron chi connectivity index (χ1n) is 19.0. The van der Waals surface area contributed by atoms with Gasteiger partial charge in [-0.25, -0.2) is 4.79 Å². The van der Waals surface area contributed by atoms with Crippen molar-refractivity contribution in [3.63, 3.8) is 0 Å². The maximum atomic E-state index is 14.2. The van der Waals surface area contributed by atoms with Gasteiger partial charge in [-0.1, -0.05) is 63.8 Å². The van der Waals surface area contributed by atoms with Crippen LogP contribution in [0.4, 0.5) is 17.1 Å². The summed E-state index contributed by atoms with van der Waals surface area (Å²) in [6.45, 7) is 7.77. The average molecular weight is 780 g/mol. The lowest BCUT2D eigenvalue weighted by atomic mass is 9.69. The Morgan fingerprint density at radius 2 is 1.45 bits per heavy atom. The molecule has 12 nitrogen and oxygen atoms in total. The number of esters is 1. The van der Waals surface area contributed by atoms with Gasteiger partial charge in [-0.2, -0.15) is 0 Å². The molecule has 0 saturated heterocycles. The molecule has 1 aliphatic heterocycles. The lowest BCUT2D eigenvalue weighted by Crippen LogP contribution is -2.47. The molecular formula is C43H46N3O9P. The summed E-state index contributed by atoms with van der Waals surface area (Å²) in [5.41, 5.74) is 7.02. The van der Waals surface area contributed by atoms with Gasteiger partial charge in [0.25, 0.3) is 7.52 Å². The number of carbonyl (C=O) groups is 4. The molecule has 0 saturated carbocycles. The zero-order valence-electron chi connectivity index (χ0n) is 32.0. The van der Waals surface area contributed by atoms with Crippen molar-refractivity contribution in [3.8, 4) is 0 Å². The van der Waals surface area contributed by atoms with Gasteiger partial charge in [0.1, 0.15) is 5.41 Å². The normalized spacial score (nSPS) is 14.6. The lowest BCUT2D eigenvalue weighted by molar-refractivity contribution is -0.124. The maximum Gasteiger partial charge on any atom is 0.338 e. The van der Waals surface area contributed by atoms with E-state index in [0.29, 0.717) is 48.1 Å². The standard InChI is InChI=1S/C43H46N3O9P/c1-5-9-21-43(22-10-6-2)40(49)31-19-20-32-37(48)33-23-29(41(50)53-7-3)24-34(38(33)55-39(32)35(31)46-42(43)51)45-30-17-15-28(16-18-30)36(47)27-13-11-26(12-14-27)25-56(44,52)54-8-4/h11-20,23-24,45H,5-10,21-22,25H2,1-4H3,(H2,44,52)(H,46,51). The summed E-state index contributed by atoms with van der Waals surface area (Å²) in [7, 11) is -3.28. The molecule has 1 unspecified atom stereocenters. The number of ether oxygens (including phenoxy) is 1. The van der Waals surface area contributed by atoms with Crippen LogP contribution in [0.3, 0.4) is 0 Å². The number of amides is 1. The first-order chi connectivity index (χ1) is 26.9. The minimum atomic E-state index is -3.28. The van der Waals surface area contributed by atoms with Gasteiger partial charge in [0, 0.05) is 22.4 Å². The molecule has 0 fully saturated rings. The Bertz CT molecular complexity index is 2430. The Morgan fingerprint density at radius 1 is 0.804 bits per heavy atom. The van der Waals surface area contributed by atoms with E-state index in [1.165, 1.54) is 18.2 Å². The molecule has 0 spiro atoms. The number of nitrogens with one attached hydrogen (secondary N) is 2. The van der Waals surface area contributed by atoms with E-state index in [1.807, 2.05) is 13.8 Å².